The molecule has 22 heavy (non-hydrogen) atoms. The quantitative estimate of drug-likeness (QED) is 0.896. The lowest BCUT2D eigenvalue weighted by atomic mass is 9.69. The average Bonchev–Trinajstić information content (AvgIpc) is 2.94. The van der Waals surface area contributed by atoms with Gasteiger partial charge in [-0.25, -0.2) is 0 Å². The molecule has 1 aromatic carbocycles. The van der Waals surface area contributed by atoms with Gasteiger partial charge in [0.2, 0.25) is 0 Å². The fourth-order valence-electron chi connectivity index (χ4n) is 4.46. The van der Waals surface area contributed by atoms with E-state index in [1.807, 2.05) is 6.07 Å². The van der Waals surface area contributed by atoms with Gasteiger partial charge in [0.1, 0.15) is 0 Å². The van der Waals surface area contributed by atoms with Crippen LogP contribution in [-0.4, -0.2) is 30.1 Å². The zero-order valence-corrected chi connectivity index (χ0v) is 14.5. The van der Waals surface area contributed by atoms with E-state index in [2.05, 4.69) is 36.2 Å². The molecule has 2 nitrogen and oxygen atoms in total. The minimum Gasteiger partial charge on any atom is -0.385 e. The van der Waals surface area contributed by atoms with Gasteiger partial charge in [-0.05, 0) is 56.7 Å². The molecule has 3 heteroatoms. The Kier molecular flexibility index (Phi) is 6.31. The van der Waals surface area contributed by atoms with Crippen molar-refractivity contribution in [2.45, 2.75) is 50.5 Å². The molecular formula is C19H30ClNO. The van der Waals surface area contributed by atoms with Crippen LogP contribution in [0.4, 0.5) is 0 Å². The predicted molar refractivity (Wildman–Crippen MR) is 94.4 cm³/mol. The number of hydrogen-bond donors (Lipinski definition) is 1. The Morgan fingerprint density at radius 1 is 1.09 bits per heavy atom. The number of likely N-dealkylation sites (tertiary alicyclic amines) is 1. The number of rotatable bonds is 4. The summed E-state index contributed by atoms with van der Waals surface area (Å²) in [6.45, 7) is 2.32. The largest absolute Gasteiger partial charge is 0.385 e. The molecule has 1 saturated carbocycles. The minimum absolute atomic E-state index is 0. The van der Waals surface area contributed by atoms with Crippen LogP contribution in [0.3, 0.4) is 0 Å². The highest BCUT2D eigenvalue weighted by Crippen LogP contribution is 2.44. The molecule has 0 bridgehead atoms. The van der Waals surface area contributed by atoms with Gasteiger partial charge in [0.25, 0.3) is 0 Å². The van der Waals surface area contributed by atoms with Gasteiger partial charge in [-0.3, -0.25) is 0 Å². The summed E-state index contributed by atoms with van der Waals surface area (Å²) in [5, 5.41) is 11.6. The summed E-state index contributed by atoms with van der Waals surface area (Å²) in [7, 11) is 2.20. The molecule has 1 aliphatic carbocycles. The molecule has 1 aliphatic heterocycles. The Balaban J connectivity index is 0.00000176. The average molecular weight is 324 g/mol. The molecule has 1 aromatic rings. The van der Waals surface area contributed by atoms with E-state index in [1.165, 1.54) is 45.1 Å². The first kappa shape index (κ1) is 17.8. The molecule has 0 amide bonds. The number of halogens is 1. The van der Waals surface area contributed by atoms with Gasteiger partial charge >= 0.3 is 0 Å². The van der Waals surface area contributed by atoms with Crippen LogP contribution >= 0.6 is 12.4 Å². The van der Waals surface area contributed by atoms with Crippen molar-refractivity contribution in [3.8, 4) is 0 Å². The third-order valence-electron chi connectivity index (χ3n) is 5.64. The maximum Gasteiger partial charge on any atom is 0.0927 e. The highest BCUT2D eigenvalue weighted by molar-refractivity contribution is 5.85. The van der Waals surface area contributed by atoms with Gasteiger partial charge in [-0.2, -0.15) is 0 Å². The monoisotopic (exact) mass is 323 g/mol. The molecule has 0 aromatic heterocycles. The van der Waals surface area contributed by atoms with Crippen molar-refractivity contribution in [2.75, 3.05) is 20.1 Å². The molecular weight excluding hydrogens is 294 g/mol. The summed E-state index contributed by atoms with van der Waals surface area (Å²) in [5.41, 5.74) is 0.531. The second-order valence-corrected chi connectivity index (χ2v) is 7.25. The Morgan fingerprint density at radius 2 is 1.77 bits per heavy atom. The van der Waals surface area contributed by atoms with E-state index in [1.54, 1.807) is 0 Å². The van der Waals surface area contributed by atoms with Crippen molar-refractivity contribution >= 4 is 12.4 Å². The fraction of sp³-hybridized carbons (Fsp3) is 0.684. The van der Waals surface area contributed by atoms with Crippen LogP contribution in [0, 0.1) is 11.8 Å². The molecule has 124 valence electrons. The topological polar surface area (TPSA) is 23.5 Å². The predicted octanol–water partition coefficient (Wildman–Crippen LogP) is 4.22. The molecule has 3 rings (SSSR count). The molecule has 2 atom stereocenters. The first-order chi connectivity index (χ1) is 10.2. The van der Waals surface area contributed by atoms with Crippen LogP contribution in [0.25, 0.3) is 0 Å². The lowest BCUT2D eigenvalue weighted by molar-refractivity contribution is -0.0572. The Morgan fingerprint density at radius 3 is 2.36 bits per heavy atom. The van der Waals surface area contributed by atoms with Gasteiger partial charge in [-0.1, -0.05) is 49.6 Å². The van der Waals surface area contributed by atoms with Crippen molar-refractivity contribution in [3.63, 3.8) is 0 Å². The van der Waals surface area contributed by atoms with Gasteiger partial charge in [0, 0.05) is 6.54 Å². The summed E-state index contributed by atoms with van der Waals surface area (Å²) in [6.07, 6.45) is 8.45. The lowest BCUT2D eigenvalue weighted by Gasteiger charge is -2.40. The van der Waals surface area contributed by atoms with E-state index in [0.717, 1.165) is 18.5 Å². The van der Waals surface area contributed by atoms with E-state index in [0.29, 0.717) is 11.8 Å². The SMILES string of the molecule is CN1CCC(CC(O)(c2ccccc2)C2CCCCC2)C1.Cl. The molecule has 2 fully saturated rings. The van der Waals surface area contributed by atoms with Crippen molar-refractivity contribution in [3.05, 3.63) is 35.9 Å². The first-order valence-electron chi connectivity index (χ1n) is 8.65. The zero-order chi connectivity index (χ0) is 14.7. The molecule has 0 radical (unpaired) electrons. The molecule has 0 spiro atoms. The molecule has 2 aliphatic rings. The number of hydrogen-bond acceptors (Lipinski definition) is 2. The highest BCUT2D eigenvalue weighted by Gasteiger charge is 2.41. The van der Waals surface area contributed by atoms with Crippen LogP contribution in [-0.2, 0) is 5.60 Å². The van der Waals surface area contributed by atoms with E-state index < -0.39 is 5.60 Å². The van der Waals surface area contributed by atoms with Crippen molar-refractivity contribution in [2.24, 2.45) is 11.8 Å². The summed E-state index contributed by atoms with van der Waals surface area (Å²) < 4.78 is 0. The van der Waals surface area contributed by atoms with Gasteiger partial charge in [-0.15, -0.1) is 12.4 Å². The first-order valence-corrected chi connectivity index (χ1v) is 8.65. The fourth-order valence-corrected chi connectivity index (χ4v) is 4.46. The molecule has 1 N–H and O–H groups in total. The summed E-state index contributed by atoms with van der Waals surface area (Å²) in [6, 6.07) is 10.5. The highest BCUT2D eigenvalue weighted by atomic mass is 35.5. The summed E-state index contributed by atoms with van der Waals surface area (Å²) >= 11 is 0. The second kappa shape index (κ2) is 7.81. The van der Waals surface area contributed by atoms with Crippen LogP contribution in [0.1, 0.15) is 50.5 Å². The lowest BCUT2D eigenvalue weighted by Crippen LogP contribution is -2.38. The molecule has 1 heterocycles. The number of benzene rings is 1. The maximum absolute atomic E-state index is 11.6. The standard InChI is InChI=1S/C19H29NO.ClH/c1-20-13-12-16(15-20)14-19(21,17-8-4-2-5-9-17)18-10-6-3-7-11-18;/h2,4-5,8-9,16,18,21H,3,6-7,10-15H2,1H3;1H. The minimum atomic E-state index is -0.614. The van der Waals surface area contributed by atoms with Crippen LogP contribution in [0.2, 0.25) is 0 Å². The molecule has 2 unspecified atom stereocenters. The van der Waals surface area contributed by atoms with Gasteiger partial charge in [0.15, 0.2) is 0 Å². The zero-order valence-electron chi connectivity index (χ0n) is 13.7. The number of aliphatic hydroxyl groups is 1. The van der Waals surface area contributed by atoms with E-state index >= 15 is 0 Å². The van der Waals surface area contributed by atoms with Crippen LogP contribution in [0.5, 0.6) is 0 Å². The molecule has 1 saturated heterocycles. The van der Waals surface area contributed by atoms with Crippen molar-refractivity contribution in [1.82, 2.24) is 4.90 Å². The van der Waals surface area contributed by atoms with E-state index in [4.69, 9.17) is 0 Å². The van der Waals surface area contributed by atoms with E-state index in [9.17, 15) is 5.11 Å². The smallest absolute Gasteiger partial charge is 0.0927 e. The maximum atomic E-state index is 11.6. The van der Waals surface area contributed by atoms with Crippen molar-refractivity contribution < 1.29 is 5.11 Å². The van der Waals surface area contributed by atoms with Gasteiger partial charge in [0.05, 0.1) is 5.60 Å². The summed E-state index contributed by atoms with van der Waals surface area (Å²) in [4.78, 5) is 2.40. The Bertz CT molecular complexity index is 446. The third kappa shape index (κ3) is 3.84. The summed E-state index contributed by atoms with van der Waals surface area (Å²) in [5.74, 6) is 1.08. The number of nitrogens with zero attached hydrogens (tertiary/aromatic N) is 1. The van der Waals surface area contributed by atoms with Gasteiger partial charge < -0.3 is 10.0 Å². The Hall–Kier alpha value is -0.570. The second-order valence-electron chi connectivity index (χ2n) is 7.25. The van der Waals surface area contributed by atoms with Crippen LogP contribution in [0.15, 0.2) is 30.3 Å². The Labute approximate surface area is 141 Å². The van der Waals surface area contributed by atoms with Crippen LogP contribution < -0.4 is 0 Å². The van der Waals surface area contributed by atoms with Crippen molar-refractivity contribution in [1.29, 1.82) is 0 Å². The normalized spacial score (nSPS) is 26.4. The van der Waals surface area contributed by atoms with E-state index in [-0.39, 0.29) is 12.4 Å². The third-order valence-corrected chi connectivity index (χ3v) is 5.64.